The Balaban J connectivity index is 1.83. The second-order valence-electron chi connectivity index (χ2n) is 3.91. The second-order valence-corrected chi connectivity index (χ2v) is 5.49. The molecule has 0 saturated carbocycles. The topological polar surface area (TPSA) is 42.0 Å². The van der Waals surface area contributed by atoms with Gasteiger partial charge in [0.2, 0.25) is 0 Å². The van der Waals surface area contributed by atoms with Crippen molar-refractivity contribution >= 4 is 29.9 Å². The standard InChI is InChI=1S/C13H14N2OS2/c1-9-15-11(8-18-9)6-7-14-13(16)10-2-4-12(17)5-3-10/h2-5,8,17H,6-7H2,1H3,(H,14,16). The van der Waals surface area contributed by atoms with Crippen molar-refractivity contribution in [1.29, 1.82) is 0 Å². The molecule has 0 aliphatic heterocycles. The Bertz CT molecular complexity index is 534. The molecular weight excluding hydrogens is 264 g/mol. The number of amides is 1. The minimum Gasteiger partial charge on any atom is -0.352 e. The molecule has 1 amide bonds. The van der Waals surface area contributed by atoms with Gasteiger partial charge in [0.25, 0.3) is 5.91 Å². The van der Waals surface area contributed by atoms with Crippen molar-refractivity contribution in [3.8, 4) is 0 Å². The van der Waals surface area contributed by atoms with Gasteiger partial charge < -0.3 is 5.32 Å². The van der Waals surface area contributed by atoms with Crippen LogP contribution in [-0.4, -0.2) is 17.4 Å². The third-order valence-corrected chi connectivity index (χ3v) is 3.58. The number of thiazole rings is 1. The molecule has 3 nitrogen and oxygen atoms in total. The molecule has 0 aliphatic carbocycles. The number of hydrogen-bond donors (Lipinski definition) is 2. The molecule has 1 N–H and O–H groups in total. The van der Waals surface area contributed by atoms with Crippen molar-refractivity contribution in [3.05, 3.63) is 45.9 Å². The molecule has 1 aromatic carbocycles. The Hall–Kier alpha value is -1.33. The van der Waals surface area contributed by atoms with Crippen LogP contribution in [0.1, 0.15) is 21.1 Å². The van der Waals surface area contributed by atoms with Crippen LogP contribution >= 0.6 is 24.0 Å². The monoisotopic (exact) mass is 278 g/mol. The average molecular weight is 278 g/mol. The van der Waals surface area contributed by atoms with E-state index >= 15 is 0 Å². The van der Waals surface area contributed by atoms with Gasteiger partial charge in [0.15, 0.2) is 0 Å². The molecule has 18 heavy (non-hydrogen) atoms. The highest BCUT2D eigenvalue weighted by Crippen LogP contribution is 2.09. The highest BCUT2D eigenvalue weighted by molar-refractivity contribution is 7.80. The number of aromatic nitrogens is 1. The highest BCUT2D eigenvalue weighted by Gasteiger charge is 2.05. The predicted molar refractivity (Wildman–Crippen MR) is 76.6 cm³/mol. The Kier molecular flexibility index (Phi) is 4.38. The first-order valence-corrected chi connectivity index (χ1v) is 6.96. The van der Waals surface area contributed by atoms with Gasteiger partial charge in [0.1, 0.15) is 0 Å². The molecule has 0 saturated heterocycles. The number of carbonyl (C=O) groups excluding carboxylic acids is 1. The molecule has 1 heterocycles. The smallest absolute Gasteiger partial charge is 0.251 e. The normalized spacial score (nSPS) is 10.3. The van der Waals surface area contributed by atoms with Crippen LogP contribution in [0.4, 0.5) is 0 Å². The van der Waals surface area contributed by atoms with Crippen molar-refractivity contribution in [2.24, 2.45) is 0 Å². The van der Waals surface area contributed by atoms with E-state index in [4.69, 9.17) is 0 Å². The van der Waals surface area contributed by atoms with E-state index in [-0.39, 0.29) is 5.91 Å². The lowest BCUT2D eigenvalue weighted by atomic mass is 10.2. The van der Waals surface area contributed by atoms with Crippen molar-refractivity contribution in [1.82, 2.24) is 10.3 Å². The average Bonchev–Trinajstić information content (AvgIpc) is 2.76. The second kappa shape index (κ2) is 6.02. The predicted octanol–water partition coefficient (Wildman–Crippen LogP) is 2.71. The van der Waals surface area contributed by atoms with Crippen LogP contribution in [0.2, 0.25) is 0 Å². The van der Waals surface area contributed by atoms with E-state index in [1.807, 2.05) is 24.4 Å². The minimum atomic E-state index is -0.0599. The maximum absolute atomic E-state index is 11.8. The fourth-order valence-corrected chi connectivity index (χ4v) is 2.34. The number of carbonyl (C=O) groups is 1. The van der Waals surface area contributed by atoms with E-state index in [9.17, 15) is 4.79 Å². The van der Waals surface area contributed by atoms with Crippen molar-refractivity contribution in [3.63, 3.8) is 0 Å². The molecule has 0 radical (unpaired) electrons. The number of thiol groups is 1. The quantitative estimate of drug-likeness (QED) is 0.844. The number of hydrogen-bond acceptors (Lipinski definition) is 4. The maximum atomic E-state index is 11.8. The van der Waals surface area contributed by atoms with E-state index in [1.54, 1.807) is 23.5 Å². The number of benzene rings is 1. The molecule has 0 fully saturated rings. The van der Waals surface area contributed by atoms with E-state index in [0.29, 0.717) is 12.1 Å². The van der Waals surface area contributed by atoms with Gasteiger partial charge in [-0.05, 0) is 31.2 Å². The summed E-state index contributed by atoms with van der Waals surface area (Å²) >= 11 is 5.81. The number of aryl methyl sites for hydroxylation is 1. The zero-order valence-corrected chi connectivity index (χ0v) is 11.7. The number of nitrogens with one attached hydrogen (secondary N) is 1. The van der Waals surface area contributed by atoms with Crippen LogP contribution in [0.25, 0.3) is 0 Å². The van der Waals surface area contributed by atoms with Gasteiger partial charge in [0, 0.05) is 28.8 Å². The van der Waals surface area contributed by atoms with Crippen LogP contribution in [0.15, 0.2) is 34.5 Å². The van der Waals surface area contributed by atoms with Gasteiger partial charge in [-0.2, -0.15) is 0 Å². The maximum Gasteiger partial charge on any atom is 0.251 e. The van der Waals surface area contributed by atoms with Gasteiger partial charge in [-0.15, -0.1) is 24.0 Å². The van der Waals surface area contributed by atoms with E-state index < -0.39 is 0 Å². The molecular formula is C13H14N2OS2. The van der Waals surface area contributed by atoms with E-state index in [0.717, 1.165) is 22.0 Å². The van der Waals surface area contributed by atoms with Crippen molar-refractivity contribution in [2.45, 2.75) is 18.2 Å². The molecule has 2 aromatic rings. The third-order valence-electron chi connectivity index (χ3n) is 2.46. The van der Waals surface area contributed by atoms with Gasteiger partial charge in [-0.1, -0.05) is 0 Å². The largest absolute Gasteiger partial charge is 0.352 e. The van der Waals surface area contributed by atoms with E-state index in [2.05, 4.69) is 22.9 Å². The molecule has 0 aliphatic rings. The Morgan fingerprint density at radius 1 is 1.39 bits per heavy atom. The van der Waals surface area contributed by atoms with Crippen LogP contribution in [0.3, 0.4) is 0 Å². The summed E-state index contributed by atoms with van der Waals surface area (Å²) in [6.45, 7) is 2.58. The Morgan fingerprint density at radius 3 is 2.72 bits per heavy atom. The summed E-state index contributed by atoms with van der Waals surface area (Å²) in [5.41, 5.74) is 1.69. The van der Waals surface area contributed by atoms with E-state index in [1.165, 1.54) is 0 Å². The molecule has 0 atom stereocenters. The summed E-state index contributed by atoms with van der Waals surface area (Å²) in [5.74, 6) is -0.0599. The summed E-state index contributed by atoms with van der Waals surface area (Å²) in [6.07, 6.45) is 0.765. The summed E-state index contributed by atoms with van der Waals surface area (Å²) in [4.78, 5) is 17.0. The van der Waals surface area contributed by atoms with Crippen LogP contribution in [-0.2, 0) is 6.42 Å². The van der Waals surface area contributed by atoms with Crippen LogP contribution < -0.4 is 5.32 Å². The van der Waals surface area contributed by atoms with Crippen LogP contribution in [0, 0.1) is 6.92 Å². The zero-order valence-electron chi connectivity index (χ0n) is 10.0. The SMILES string of the molecule is Cc1nc(CCNC(=O)c2ccc(S)cc2)cs1. The lowest BCUT2D eigenvalue weighted by molar-refractivity contribution is 0.0954. The molecule has 0 unspecified atom stereocenters. The molecule has 5 heteroatoms. The number of nitrogens with zero attached hydrogens (tertiary/aromatic N) is 1. The lowest BCUT2D eigenvalue weighted by Gasteiger charge is -2.04. The fraction of sp³-hybridized carbons (Fsp3) is 0.231. The summed E-state index contributed by atoms with van der Waals surface area (Å²) < 4.78 is 0. The number of rotatable bonds is 4. The first-order chi connectivity index (χ1) is 8.65. The summed E-state index contributed by atoms with van der Waals surface area (Å²) in [6, 6.07) is 7.15. The third kappa shape index (κ3) is 3.58. The molecule has 2 rings (SSSR count). The van der Waals surface area contributed by atoms with Gasteiger partial charge >= 0.3 is 0 Å². The summed E-state index contributed by atoms with van der Waals surface area (Å²) in [5, 5.41) is 5.96. The zero-order chi connectivity index (χ0) is 13.0. The van der Waals surface area contributed by atoms with Crippen LogP contribution in [0.5, 0.6) is 0 Å². The lowest BCUT2D eigenvalue weighted by Crippen LogP contribution is -2.25. The fourth-order valence-electron chi connectivity index (χ4n) is 1.54. The van der Waals surface area contributed by atoms with Gasteiger partial charge in [-0.3, -0.25) is 4.79 Å². The molecule has 94 valence electrons. The van der Waals surface area contributed by atoms with Crippen molar-refractivity contribution < 1.29 is 4.79 Å². The Morgan fingerprint density at radius 2 is 2.11 bits per heavy atom. The molecule has 0 bridgehead atoms. The molecule has 1 aromatic heterocycles. The molecule has 0 spiro atoms. The first-order valence-electron chi connectivity index (χ1n) is 5.63. The van der Waals surface area contributed by atoms with Gasteiger partial charge in [-0.25, -0.2) is 4.98 Å². The highest BCUT2D eigenvalue weighted by atomic mass is 32.1. The van der Waals surface area contributed by atoms with Gasteiger partial charge in [0.05, 0.1) is 10.7 Å². The van der Waals surface area contributed by atoms with Crippen molar-refractivity contribution in [2.75, 3.05) is 6.54 Å². The first kappa shape index (κ1) is 13.1. The summed E-state index contributed by atoms with van der Waals surface area (Å²) in [7, 11) is 0. The Labute approximate surface area is 116 Å². The minimum absolute atomic E-state index is 0.0599.